The Hall–Kier alpha value is -2.91. The van der Waals surface area contributed by atoms with Crippen LogP contribution in [0.1, 0.15) is 0 Å². The Bertz CT molecular complexity index is 1270. The van der Waals surface area contributed by atoms with E-state index in [0.717, 1.165) is 30.3 Å². The molecule has 0 saturated carbocycles. The molecule has 8 nitrogen and oxygen atoms in total. The first-order valence-corrected chi connectivity index (χ1v) is 10.8. The molecule has 0 fully saturated rings. The van der Waals surface area contributed by atoms with Gasteiger partial charge in [0.05, 0.1) is 17.1 Å². The summed E-state index contributed by atoms with van der Waals surface area (Å²) in [6.45, 7) is 0. The van der Waals surface area contributed by atoms with Crippen molar-refractivity contribution in [2.24, 2.45) is 10.3 Å². The zero-order valence-corrected chi connectivity index (χ0v) is 18.2. The van der Waals surface area contributed by atoms with Gasteiger partial charge in [-0.1, -0.05) is 0 Å². The van der Waals surface area contributed by atoms with E-state index in [4.69, 9.17) is 9.88 Å². The second kappa shape index (κ2) is 9.07. The van der Waals surface area contributed by atoms with E-state index in [1.807, 2.05) is 22.6 Å². The van der Waals surface area contributed by atoms with Crippen molar-refractivity contribution in [1.29, 1.82) is 0 Å². The first-order valence-electron chi connectivity index (χ1n) is 8.22. The summed E-state index contributed by atoms with van der Waals surface area (Å²) in [4.78, 5) is 11.4. The van der Waals surface area contributed by atoms with E-state index in [1.54, 1.807) is 10.8 Å². The van der Waals surface area contributed by atoms with Crippen LogP contribution < -0.4 is 19.9 Å². The molecule has 0 heterocycles. The summed E-state index contributed by atoms with van der Waals surface area (Å²) in [5, 5.41) is 10.2. The van der Waals surface area contributed by atoms with E-state index >= 15 is 0 Å². The van der Waals surface area contributed by atoms with E-state index in [-0.39, 0.29) is 22.9 Å². The summed E-state index contributed by atoms with van der Waals surface area (Å²) in [6.07, 6.45) is 0. The normalized spacial score (nSPS) is 11.1. The van der Waals surface area contributed by atoms with Crippen LogP contribution in [0.4, 0.5) is 35.9 Å². The van der Waals surface area contributed by atoms with E-state index in [1.165, 1.54) is 12.1 Å². The molecule has 4 N–H and O–H groups in total. The Morgan fingerprint density at radius 2 is 1.68 bits per heavy atom. The lowest BCUT2D eigenvalue weighted by atomic mass is 10.2. The van der Waals surface area contributed by atoms with Crippen molar-refractivity contribution >= 4 is 55.5 Å². The molecule has 0 aliphatic carbocycles. The molecular formula is C18H12F3IN4O4S. The van der Waals surface area contributed by atoms with Crippen molar-refractivity contribution in [3.05, 3.63) is 74.5 Å². The van der Waals surface area contributed by atoms with Crippen LogP contribution in [0, 0.1) is 25.9 Å². The fourth-order valence-electron chi connectivity index (χ4n) is 2.50. The molecule has 0 radical (unpaired) electrons. The quantitative estimate of drug-likeness (QED) is 0.267. The van der Waals surface area contributed by atoms with Crippen molar-refractivity contribution in [2.75, 3.05) is 10.0 Å². The van der Waals surface area contributed by atoms with Gasteiger partial charge in [0, 0.05) is 15.7 Å². The first-order chi connectivity index (χ1) is 14.6. The summed E-state index contributed by atoms with van der Waals surface area (Å²) >= 11 is 1.91. The molecule has 0 amide bonds. The van der Waals surface area contributed by atoms with Gasteiger partial charge < -0.3 is 10.1 Å². The van der Waals surface area contributed by atoms with Gasteiger partial charge in [0.1, 0.15) is 23.2 Å². The first kappa shape index (κ1) is 22.8. The van der Waals surface area contributed by atoms with Crippen molar-refractivity contribution in [3.8, 4) is 11.5 Å². The molecule has 0 aromatic heterocycles. The number of benzene rings is 3. The molecule has 13 heteroatoms. The molecule has 0 saturated heterocycles. The second-order valence-corrected chi connectivity index (χ2v) is 8.57. The third-order valence-corrected chi connectivity index (χ3v) is 4.92. The second-order valence-electron chi connectivity index (χ2n) is 6.03. The van der Waals surface area contributed by atoms with Crippen molar-refractivity contribution in [3.63, 3.8) is 0 Å². The zero-order valence-electron chi connectivity index (χ0n) is 15.2. The number of nitroso groups, excluding NO2 is 1. The topological polar surface area (TPSA) is 123 Å². The van der Waals surface area contributed by atoms with Gasteiger partial charge in [-0.25, -0.2) is 18.3 Å². The highest BCUT2D eigenvalue weighted by Gasteiger charge is 2.17. The molecule has 3 aromatic rings. The van der Waals surface area contributed by atoms with Gasteiger partial charge in [-0.05, 0) is 64.2 Å². The van der Waals surface area contributed by atoms with Crippen molar-refractivity contribution in [1.82, 2.24) is 0 Å². The number of nitrogens with zero attached hydrogens (tertiary/aromatic N) is 1. The fourth-order valence-corrected chi connectivity index (χ4v) is 3.42. The standard InChI is InChI=1S/C18H12F3IN4O4S/c19-9-5-16(24-14-4-1-10(22)7-13(14)21)18(25-27)17(6-9)30-11-2-3-12(20)15(8-11)26-31(23,28)29/h1-8,24,26H,(H2,23,28,29). The number of hydrogen-bond donors (Lipinski definition) is 3. The minimum Gasteiger partial charge on any atom is -0.455 e. The number of anilines is 3. The molecule has 0 unspecified atom stereocenters. The maximum absolute atomic E-state index is 14.2. The molecule has 3 aromatic carbocycles. The summed E-state index contributed by atoms with van der Waals surface area (Å²) in [6, 6.07) is 8.88. The highest BCUT2D eigenvalue weighted by atomic mass is 127. The van der Waals surface area contributed by atoms with Crippen LogP contribution in [0.2, 0.25) is 0 Å². The third-order valence-electron chi connectivity index (χ3n) is 3.75. The third kappa shape index (κ3) is 5.83. The SMILES string of the molecule is NS(=O)(=O)Nc1cc(Oc2cc(F)cc(Nc3ccc(I)cc3F)c2N=O)ccc1F. The lowest BCUT2D eigenvalue weighted by Crippen LogP contribution is -2.22. The van der Waals surface area contributed by atoms with Crippen LogP contribution in [0.3, 0.4) is 0 Å². The van der Waals surface area contributed by atoms with Gasteiger partial charge in [0.2, 0.25) is 0 Å². The molecule has 0 aliphatic rings. The van der Waals surface area contributed by atoms with Gasteiger partial charge in [0.15, 0.2) is 11.4 Å². The van der Waals surface area contributed by atoms with Crippen LogP contribution >= 0.6 is 22.6 Å². The van der Waals surface area contributed by atoms with Crippen LogP contribution in [-0.2, 0) is 10.2 Å². The summed E-state index contributed by atoms with van der Waals surface area (Å²) < 4.78 is 72.2. The van der Waals surface area contributed by atoms with E-state index in [9.17, 15) is 26.5 Å². The Morgan fingerprint density at radius 1 is 0.935 bits per heavy atom. The van der Waals surface area contributed by atoms with E-state index in [2.05, 4.69) is 10.5 Å². The number of halogens is 4. The Balaban J connectivity index is 1.99. The van der Waals surface area contributed by atoms with Crippen LogP contribution in [0.15, 0.2) is 53.7 Å². The summed E-state index contributed by atoms with van der Waals surface area (Å²) in [5.41, 5.74) is -1.15. The van der Waals surface area contributed by atoms with Gasteiger partial charge in [-0.15, -0.1) is 4.91 Å². The Morgan fingerprint density at radius 3 is 2.32 bits per heavy atom. The molecule has 31 heavy (non-hydrogen) atoms. The molecule has 0 bridgehead atoms. The predicted octanol–water partition coefficient (Wildman–Crippen LogP) is 5.26. The molecule has 0 aliphatic heterocycles. The van der Waals surface area contributed by atoms with Crippen molar-refractivity contribution < 1.29 is 26.3 Å². The Labute approximate surface area is 187 Å². The van der Waals surface area contributed by atoms with Gasteiger partial charge >= 0.3 is 0 Å². The van der Waals surface area contributed by atoms with Gasteiger partial charge in [0.25, 0.3) is 10.2 Å². The van der Waals surface area contributed by atoms with Gasteiger partial charge in [-0.3, -0.25) is 4.72 Å². The minimum atomic E-state index is -4.28. The van der Waals surface area contributed by atoms with Crippen LogP contribution in [-0.4, -0.2) is 8.42 Å². The molecule has 3 rings (SSSR count). The Kier molecular flexibility index (Phi) is 6.66. The zero-order chi connectivity index (χ0) is 22.8. The summed E-state index contributed by atoms with van der Waals surface area (Å²) in [5.74, 6) is -2.98. The lowest BCUT2D eigenvalue weighted by molar-refractivity contribution is 0.477. The van der Waals surface area contributed by atoms with E-state index in [0.29, 0.717) is 3.57 Å². The number of nitrogens with one attached hydrogen (secondary N) is 2. The average Bonchev–Trinajstić information content (AvgIpc) is 2.65. The average molecular weight is 564 g/mol. The summed E-state index contributed by atoms with van der Waals surface area (Å²) in [7, 11) is -4.28. The highest BCUT2D eigenvalue weighted by molar-refractivity contribution is 14.1. The highest BCUT2D eigenvalue weighted by Crippen LogP contribution is 2.41. The molecule has 162 valence electrons. The minimum absolute atomic E-state index is 0.0386. The van der Waals surface area contributed by atoms with Crippen LogP contribution in [0.5, 0.6) is 11.5 Å². The van der Waals surface area contributed by atoms with E-state index < -0.39 is 39.0 Å². The smallest absolute Gasteiger partial charge is 0.296 e. The maximum Gasteiger partial charge on any atom is 0.296 e. The molecule has 0 spiro atoms. The predicted molar refractivity (Wildman–Crippen MR) is 117 cm³/mol. The largest absolute Gasteiger partial charge is 0.455 e. The van der Waals surface area contributed by atoms with Crippen molar-refractivity contribution in [2.45, 2.75) is 0 Å². The number of ether oxygens (including phenoxy) is 1. The van der Waals surface area contributed by atoms with Gasteiger partial charge in [-0.2, -0.15) is 8.42 Å². The number of hydrogen-bond acceptors (Lipinski definition) is 6. The monoisotopic (exact) mass is 564 g/mol. The maximum atomic E-state index is 14.2. The lowest BCUT2D eigenvalue weighted by Gasteiger charge is -2.14. The van der Waals surface area contributed by atoms with Crippen LogP contribution in [0.25, 0.3) is 0 Å². The molecular weight excluding hydrogens is 552 g/mol. The number of rotatable bonds is 7. The fraction of sp³-hybridized carbons (Fsp3) is 0. The molecule has 0 atom stereocenters. The number of nitrogens with two attached hydrogens (primary N) is 1.